The second kappa shape index (κ2) is 6.48. The number of terminal acetylenes is 1. The number of nitrogens with zero attached hydrogens (tertiary/aromatic N) is 1. The van der Waals surface area contributed by atoms with Crippen LogP contribution in [0.5, 0.6) is 11.5 Å². The van der Waals surface area contributed by atoms with Crippen LogP contribution in [0.15, 0.2) is 22.7 Å². The third-order valence-electron chi connectivity index (χ3n) is 2.78. The summed E-state index contributed by atoms with van der Waals surface area (Å²) in [5.74, 6) is 3.40. The Kier molecular flexibility index (Phi) is 4.69. The van der Waals surface area contributed by atoms with E-state index in [0.717, 1.165) is 30.4 Å². The van der Waals surface area contributed by atoms with Crippen molar-refractivity contribution in [1.29, 1.82) is 0 Å². The van der Waals surface area contributed by atoms with E-state index in [1.54, 1.807) is 23.1 Å². The highest BCUT2D eigenvalue weighted by Gasteiger charge is 2.20. The molecule has 1 aliphatic heterocycles. The molecule has 4 nitrogen and oxygen atoms in total. The minimum Gasteiger partial charge on any atom is -0.480 e. The van der Waals surface area contributed by atoms with Gasteiger partial charge in [-0.05, 0) is 40.9 Å². The Labute approximate surface area is 120 Å². The first-order chi connectivity index (χ1) is 9.20. The molecule has 0 unspecified atom stereocenters. The number of carbonyl (C=O) groups excluding carboxylic acids is 1. The summed E-state index contributed by atoms with van der Waals surface area (Å²) < 4.78 is 11.4. The Morgan fingerprint density at radius 1 is 1.42 bits per heavy atom. The van der Waals surface area contributed by atoms with Gasteiger partial charge in [-0.3, -0.25) is 0 Å². The van der Waals surface area contributed by atoms with Gasteiger partial charge in [0.25, 0.3) is 0 Å². The standard InChI is InChI=1S/C14H14BrNO3/c1-2-9-18-13-10-11(5-6-12(13)15)19-14(17)16-7-3-4-8-16/h1,5-6,10H,3-4,7-9H2. The minimum absolute atomic E-state index is 0.169. The van der Waals surface area contributed by atoms with E-state index < -0.39 is 0 Å². The Hall–Kier alpha value is -1.67. The lowest BCUT2D eigenvalue weighted by atomic mass is 10.3. The summed E-state index contributed by atoms with van der Waals surface area (Å²) in [7, 11) is 0. The fraction of sp³-hybridized carbons (Fsp3) is 0.357. The van der Waals surface area contributed by atoms with Crippen molar-refractivity contribution < 1.29 is 14.3 Å². The molecule has 0 aliphatic carbocycles. The van der Waals surface area contributed by atoms with Crippen molar-refractivity contribution in [2.75, 3.05) is 19.7 Å². The van der Waals surface area contributed by atoms with Gasteiger partial charge >= 0.3 is 6.09 Å². The summed E-state index contributed by atoms with van der Waals surface area (Å²) in [6.07, 6.45) is 6.90. The van der Waals surface area contributed by atoms with Crippen LogP contribution in [0.2, 0.25) is 0 Å². The van der Waals surface area contributed by atoms with Gasteiger partial charge < -0.3 is 14.4 Å². The number of likely N-dealkylation sites (tertiary alicyclic amines) is 1. The first-order valence-corrected chi connectivity index (χ1v) is 6.82. The van der Waals surface area contributed by atoms with Crippen LogP contribution in [0.25, 0.3) is 0 Å². The topological polar surface area (TPSA) is 38.8 Å². The third kappa shape index (κ3) is 3.65. The molecule has 1 heterocycles. The highest BCUT2D eigenvalue weighted by Crippen LogP contribution is 2.29. The van der Waals surface area contributed by atoms with Crippen LogP contribution in [0, 0.1) is 12.3 Å². The van der Waals surface area contributed by atoms with Crippen LogP contribution >= 0.6 is 15.9 Å². The number of ether oxygens (including phenoxy) is 2. The molecule has 1 fully saturated rings. The third-order valence-corrected chi connectivity index (χ3v) is 3.44. The summed E-state index contributed by atoms with van der Waals surface area (Å²) in [5.41, 5.74) is 0. The molecule has 0 bridgehead atoms. The molecule has 0 atom stereocenters. The smallest absolute Gasteiger partial charge is 0.415 e. The maximum absolute atomic E-state index is 11.8. The lowest BCUT2D eigenvalue weighted by Gasteiger charge is -2.15. The zero-order valence-electron chi connectivity index (χ0n) is 10.4. The first kappa shape index (κ1) is 13.8. The Morgan fingerprint density at radius 3 is 2.84 bits per heavy atom. The number of carbonyl (C=O) groups is 1. The van der Waals surface area contributed by atoms with E-state index in [-0.39, 0.29) is 12.7 Å². The second-order valence-electron chi connectivity index (χ2n) is 4.15. The summed E-state index contributed by atoms with van der Waals surface area (Å²) in [5, 5.41) is 0. The SMILES string of the molecule is C#CCOc1cc(OC(=O)N2CCCC2)ccc1Br. The van der Waals surface area contributed by atoms with Crippen molar-refractivity contribution in [3.63, 3.8) is 0 Å². The summed E-state index contributed by atoms with van der Waals surface area (Å²) in [6, 6.07) is 5.12. The van der Waals surface area contributed by atoms with Gasteiger partial charge in [0.2, 0.25) is 0 Å². The van der Waals surface area contributed by atoms with Crippen molar-refractivity contribution in [2.45, 2.75) is 12.8 Å². The predicted molar refractivity (Wildman–Crippen MR) is 75.3 cm³/mol. The number of halogens is 1. The molecule has 5 heteroatoms. The number of hydrogen-bond acceptors (Lipinski definition) is 3. The maximum atomic E-state index is 11.8. The molecule has 0 aromatic heterocycles. The summed E-state index contributed by atoms with van der Waals surface area (Å²) in [4.78, 5) is 13.5. The Balaban J connectivity index is 2.03. The van der Waals surface area contributed by atoms with E-state index >= 15 is 0 Å². The van der Waals surface area contributed by atoms with Gasteiger partial charge in [-0.1, -0.05) is 5.92 Å². The molecule has 0 spiro atoms. The van der Waals surface area contributed by atoms with Crippen molar-refractivity contribution in [2.24, 2.45) is 0 Å². The van der Waals surface area contributed by atoms with Crippen LogP contribution in [0.1, 0.15) is 12.8 Å². The maximum Gasteiger partial charge on any atom is 0.415 e. The van der Waals surface area contributed by atoms with Crippen molar-refractivity contribution in [3.05, 3.63) is 22.7 Å². The molecule has 1 saturated heterocycles. The molecule has 19 heavy (non-hydrogen) atoms. The van der Waals surface area contributed by atoms with Gasteiger partial charge in [-0.2, -0.15) is 0 Å². The van der Waals surface area contributed by atoms with E-state index in [1.807, 2.05) is 0 Å². The lowest BCUT2D eigenvalue weighted by Crippen LogP contribution is -2.30. The van der Waals surface area contributed by atoms with Gasteiger partial charge in [-0.25, -0.2) is 4.79 Å². The summed E-state index contributed by atoms with van der Waals surface area (Å²) >= 11 is 3.35. The second-order valence-corrected chi connectivity index (χ2v) is 5.00. The van der Waals surface area contributed by atoms with Gasteiger partial charge in [0.15, 0.2) is 0 Å². The largest absolute Gasteiger partial charge is 0.480 e. The normalized spacial score (nSPS) is 14.0. The number of hydrogen-bond donors (Lipinski definition) is 0. The Morgan fingerprint density at radius 2 is 2.16 bits per heavy atom. The van der Waals surface area contributed by atoms with Crippen LogP contribution in [-0.4, -0.2) is 30.7 Å². The minimum atomic E-state index is -0.317. The van der Waals surface area contributed by atoms with Crippen LogP contribution in [-0.2, 0) is 0 Å². The van der Waals surface area contributed by atoms with Gasteiger partial charge in [0.05, 0.1) is 4.47 Å². The van der Waals surface area contributed by atoms with Gasteiger partial charge in [-0.15, -0.1) is 6.42 Å². The quantitative estimate of drug-likeness (QED) is 0.802. The molecule has 100 valence electrons. The fourth-order valence-corrected chi connectivity index (χ4v) is 2.20. The van der Waals surface area contributed by atoms with E-state index in [2.05, 4.69) is 21.9 Å². The fourth-order valence-electron chi connectivity index (χ4n) is 1.84. The van der Waals surface area contributed by atoms with Crippen LogP contribution in [0.3, 0.4) is 0 Å². The molecule has 0 saturated carbocycles. The molecule has 1 aromatic rings. The first-order valence-electron chi connectivity index (χ1n) is 6.03. The van der Waals surface area contributed by atoms with Crippen molar-refractivity contribution in [1.82, 2.24) is 4.90 Å². The van der Waals surface area contributed by atoms with Crippen LogP contribution < -0.4 is 9.47 Å². The molecule has 0 N–H and O–H groups in total. The lowest BCUT2D eigenvalue weighted by molar-refractivity contribution is 0.162. The van der Waals surface area contributed by atoms with E-state index in [4.69, 9.17) is 15.9 Å². The molecular weight excluding hydrogens is 310 g/mol. The van der Waals surface area contributed by atoms with E-state index in [9.17, 15) is 4.79 Å². The predicted octanol–water partition coefficient (Wildman–Crippen LogP) is 3.06. The zero-order chi connectivity index (χ0) is 13.7. The molecule has 1 aliphatic rings. The van der Waals surface area contributed by atoms with Crippen LogP contribution in [0.4, 0.5) is 4.79 Å². The molecule has 0 radical (unpaired) electrons. The molecule has 1 aromatic carbocycles. The molecular formula is C14H14BrNO3. The number of rotatable bonds is 3. The Bertz CT molecular complexity index is 504. The van der Waals surface area contributed by atoms with Gasteiger partial charge in [0.1, 0.15) is 18.1 Å². The molecule has 2 rings (SSSR count). The van der Waals surface area contributed by atoms with E-state index in [0.29, 0.717) is 11.5 Å². The number of amides is 1. The highest BCUT2D eigenvalue weighted by molar-refractivity contribution is 9.10. The highest BCUT2D eigenvalue weighted by atomic mass is 79.9. The van der Waals surface area contributed by atoms with E-state index in [1.165, 1.54) is 0 Å². The monoisotopic (exact) mass is 323 g/mol. The zero-order valence-corrected chi connectivity index (χ0v) is 12.0. The molecule has 1 amide bonds. The average molecular weight is 324 g/mol. The van der Waals surface area contributed by atoms with Crippen molar-refractivity contribution in [3.8, 4) is 23.8 Å². The summed E-state index contributed by atoms with van der Waals surface area (Å²) in [6.45, 7) is 1.69. The number of benzene rings is 1. The average Bonchev–Trinajstić information content (AvgIpc) is 2.93. The van der Waals surface area contributed by atoms with Crippen molar-refractivity contribution >= 4 is 22.0 Å². The van der Waals surface area contributed by atoms with Gasteiger partial charge in [0, 0.05) is 19.2 Å².